The molecule has 1 aliphatic carbocycles. The zero-order chi connectivity index (χ0) is 12.0. The van der Waals surface area contributed by atoms with E-state index in [1.165, 1.54) is 0 Å². The van der Waals surface area contributed by atoms with Crippen LogP contribution in [0.4, 0.5) is 0 Å². The van der Waals surface area contributed by atoms with Gasteiger partial charge in [-0.05, 0) is 43.1 Å². The van der Waals surface area contributed by atoms with Gasteiger partial charge in [-0.3, -0.25) is 4.79 Å². The highest BCUT2D eigenvalue weighted by Gasteiger charge is 2.45. The van der Waals surface area contributed by atoms with Gasteiger partial charge in [-0.2, -0.15) is 11.8 Å². The number of carbonyl (C=O) groups is 1. The minimum Gasteiger partial charge on any atom is -0.480 e. The zero-order valence-corrected chi connectivity index (χ0v) is 10.3. The van der Waals surface area contributed by atoms with E-state index < -0.39 is 11.5 Å². The first kappa shape index (κ1) is 13.8. The normalized spacial score (nSPS) is 29.5. The van der Waals surface area contributed by atoms with E-state index in [1.54, 1.807) is 11.8 Å². The molecule has 94 valence electrons. The fourth-order valence-electron chi connectivity index (χ4n) is 2.28. The molecule has 2 unspecified atom stereocenters. The molecule has 0 aromatic carbocycles. The number of rotatable bonds is 7. The van der Waals surface area contributed by atoms with Crippen molar-refractivity contribution in [2.45, 2.75) is 37.6 Å². The molecule has 4 N–H and O–H groups in total. The van der Waals surface area contributed by atoms with Gasteiger partial charge in [0.2, 0.25) is 0 Å². The second kappa shape index (κ2) is 6.47. The Labute approximate surface area is 101 Å². The molecule has 1 aliphatic rings. The lowest BCUT2D eigenvalue weighted by atomic mass is 9.86. The Morgan fingerprint density at radius 3 is 2.88 bits per heavy atom. The fraction of sp³-hybridized carbons (Fsp3) is 0.909. The first-order valence-electron chi connectivity index (χ1n) is 5.82. The molecule has 2 atom stereocenters. The van der Waals surface area contributed by atoms with E-state index in [1.807, 2.05) is 0 Å². The summed E-state index contributed by atoms with van der Waals surface area (Å²) in [6.45, 7) is 0.229. The van der Waals surface area contributed by atoms with Crippen molar-refractivity contribution in [3.63, 3.8) is 0 Å². The highest BCUT2D eigenvalue weighted by atomic mass is 32.2. The Hall–Kier alpha value is -0.260. The summed E-state index contributed by atoms with van der Waals surface area (Å²) in [4.78, 5) is 11.1. The highest BCUT2D eigenvalue weighted by molar-refractivity contribution is 7.99. The van der Waals surface area contributed by atoms with Crippen molar-refractivity contribution in [3.05, 3.63) is 0 Å². The molecule has 0 radical (unpaired) electrons. The first-order chi connectivity index (χ1) is 7.61. The van der Waals surface area contributed by atoms with Crippen LogP contribution in [-0.4, -0.2) is 39.8 Å². The third-order valence-corrected chi connectivity index (χ3v) is 4.43. The summed E-state index contributed by atoms with van der Waals surface area (Å²) in [5.41, 5.74) is 4.95. The Morgan fingerprint density at radius 1 is 1.50 bits per heavy atom. The summed E-state index contributed by atoms with van der Waals surface area (Å²) in [5, 5.41) is 17.7. The molecule has 4 nitrogen and oxygen atoms in total. The quantitative estimate of drug-likeness (QED) is 0.586. The summed E-state index contributed by atoms with van der Waals surface area (Å²) < 4.78 is 0. The summed E-state index contributed by atoms with van der Waals surface area (Å²) in [5.74, 6) is 1.15. The lowest BCUT2D eigenvalue weighted by Crippen LogP contribution is -2.51. The van der Waals surface area contributed by atoms with Crippen molar-refractivity contribution in [2.75, 3.05) is 18.1 Å². The Bertz CT molecular complexity index is 237. The van der Waals surface area contributed by atoms with Crippen molar-refractivity contribution < 1.29 is 15.0 Å². The third-order valence-electron chi connectivity index (χ3n) is 3.33. The molecule has 0 aliphatic heterocycles. The maximum Gasteiger partial charge on any atom is 0.323 e. The SMILES string of the molecule is NC1(C(=O)O)CCCC1CCSCCCO. The molecule has 5 heteroatoms. The second-order valence-corrected chi connectivity index (χ2v) is 5.64. The maximum atomic E-state index is 11.1. The molecule has 0 saturated heterocycles. The number of hydrogen-bond donors (Lipinski definition) is 3. The van der Waals surface area contributed by atoms with Crippen LogP contribution in [0.2, 0.25) is 0 Å². The number of hydrogen-bond acceptors (Lipinski definition) is 4. The van der Waals surface area contributed by atoms with E-state index >= 15 is 0 Å². The molecule has 0 amide bonds. The van der Waals surface area contributed by atoms with Gasteiger partial charge in [-0.1, -0.05) is 6.42 Å². The standard InChI is InChI=1S/C11H21NO3S/c12-11(10(14)15)5-1-3-9(11)4-8-16-7-2-6-13/h9,13H,1-8,12H2,(H,14,15). The summed E-state index contributed by atoms with van der Waals surface area (Å²) in [6, 6.07) is 0. The molecule has 0 aromatic rings. The number of carboxylic acid groups (broad SMARTS) is 1. The van der Waals surface area contributed by atoms with Crippen LogP contribution in [0.15, 0.2) is 0 Å². The van der Waals surface area contributed by atoms with Crippen molar-refractivity contribution in [2.24, 2.45) is 11.7 Å². The Morgan fingerprint density at radius 2 is 2.25 bits per heavy atom. The first-order valence-corrected chi connectivity index (χ1v) is 6.97. The van der Waals surface area contributed by atoms with Crippen molar-refractivity contribution in [3.8, 4) is 0 Å². The molecule has 16 heavy (non-hydrogen) atoms. The smallest absolute Gasteiger partial charge is 0.323 e. The highest BCUT2D eigenvalue weighted by Crippen LogP contribution is 2.36. The summed E-state index contributed by atoms with van der Waals surface area (Å²) >= 11 is 1.77. The fourth-order valence-corrected chi connectivity index (χ4v) is 3.27. The van der Waals surface area contributed by atoms with Crippen LogP contribution in [0.25, 0.3) is 0 Å². The van der Waals surface area contributed by atoms with E-state index in [2.05, 4.69) is 0 Å². The number of carboxylic acids is 1. The van der Waals surface area contributed by atoms with Crippen LogP contribution in [0.5, 0.6) is 0 Å². The number of aliphatic hydroxyl groups excluding tert-OH is 1. The molecule has 1 saturated carbocycles. The summed E-state index contributed by atoms with van der Waals surface area (Å²) in [7, 11) is 0. The predicted octanol–water partition coefficient (Wildman–Crippen LogP) is 1.07. The van der Waals surface area contributed by atoms with E-state index in [-0.39, 0.29) is 12.5 Å². The van der Waals surface area contributed by atoms with Gasteiger partial charge in [-0.15, -0.1) is 0 Å². The lowest BCUT2D eigenvalue weighted by Gasteiger charge is -2.26. The van der Waals surface area contributed by atoms with Crippen molar-refractivity contribution in [1.82, 2.24) is 0 Å². The topological polar surface area (TPSA) is 83.6 Å². The van der Waals surface area contributed by atoms with Crippen LogP contribution in [-0.2, 0) is 4.79 Å². The second-order valence-electron chi connectivity index (χ2n) is 4.41. The molecule has 0 bridgehead atoms. The van der Waals surface area contributed by atoms with Crippen LogP contribution < -0.4 is 5.73 Å². The van der Waals surface area contributed by atoms with Gasteiger partial charge < -0.3 is 15.9 Å². The van der Waals surface area contributed by atoms with E-state index in [0.29, 0.717) is 6.42 Å². The predicted molar refractivity (Wildman–Crippen MR) is 65.5 cm³/mol. The number of nitrogens with two attached hydrogens (primary N) is 1. The molecular weight excluding hydrogens is 226 g/mol. The molecule has 0 heterocycles. The van der Waals surface area contributed by atoms with Gasteiger partial charge in [0.1, 0.15) is 5.54 Å². The maximum absolute atomic E-state index is 11.1. The van der Waals surface area contributed by atoms with Gasteiger partial charge in [0, 0.05) is 6.61 Å². The van der Waals surface area contributed by atoms with Crippen LogP contribution in [0.1, 0.15) is 32.1 Å². The lowest BCUT2D eigenvalue weighted by molar-refractivity contribution is -0.144. The molecule has 0 aromatic heterocycles. The molecule has 1 rings (SSSR count). The van der Waals surface area contributed by atoms with Gasteiger partial charge in [0.05, 0.1) is 0 Å². The third kappa shape index (κ3) is 3.37. The van der Waals surface area contributed by atoms with E-state index in [4.69, 9.17) is 15.9 Å². The van der Waals surface area contributed by atoms with Crippen molar-refractivity contribution in [1.29, 1.82) is 0 Å². The van der Waals surface area contributed by atoms with Crippen molar-refractivity contribution >= 4 is 17.7 Å². The number of aliphatic hydroxyl groups is 1. The number of thioether (sulfide) groups is 1. The van der Waals surface area contributed by atoms with Gasteiger partial charge in [0.15, 0.2) is 0 Å². The van der Waals surface area contributed by atoms with Gasteiger partial charge >= 0.3 is 5.97 Å². The van der Waals surface area contributed by atoms with Crippen LogP contribution in [0, 0.1) is 5.92 Å². The Kier molecular flexibility index (Phi) is 5.58. The average Bonchev–Trinajstić information content (AvgIpc) is 2.61. The largest absolute Gasteiger partial charge is 0.480 e. The number of aliphatic carboxylic acids is 1. The molecule has 0 spiro atoms. The van der Waals surface area contributed by atoms with Gasteiger partial charge in [0.25, 0.3) is 0 Å². The molecule has 1 fully saturated rings. The summed E-state index contributed by atoms with van der Waals surface area (Å²) in [6.07, 6.45) is 4.15. The van der Waals surface area contributed by atoms with E-state index in [0.717, 1.165) is 37.2 Å². The Balaban J connectivity index is 2.28. The van der Waals surface area contributed by atoms with E-state index in [9.17, 15) is 4.79 Å². The molecular formula is C11H21NO3S. The monoisotopic (exact) mass is 247 g/mol. The van der Waals surface area contributed by atoms with Crippen LogP contribution >= 0.6 is 11.8 Å². The zero-order valence-electron chi connectivity index (χ0n) is 9.52. The minimum atomic E-state index is -0.989. The minimum absolute atomic E-state index is 0.117. The van der Waals surface area contributed by atoms with Crippen LogP contribution in [0.3, 0.4) is 0 Å². The average molecular weight is 247 g/mol. The van der Waals surface area contributed by atoms with Gasteiger partial charge in [-0.25, -0.2) is 0 Å².